The van der Waals surface area contributed by atoms with Gasteiger partial charge in [0, 0.05) is 6.42 Å². The van der Waals surface area contributed by atoms with E-state index in [1.807, 2.05) is 30.3 Å². The van der Waals surface area contributed by atoms with E-state index in [0.29, 0.717) is 6.42 Å². The number of halogens is 1. The Kier molecular flexibility index (Phi) is 3.52. The molecule has 62 valence electrons. The van der Waals surface area contributed by atoms with E-state index in [-0.39, 0.29) is 0 Å². The van der Waals surface area contributed by atoms with Crippen molar-refractivity contribution >= 4 is 17.7 Å². The summed E-state index contributed by atoms with van der Waals surface area (Å²) >= 11 is 5.69. The molecule has 0 amide bonds. The van der Waals surface area contributed by atoms with Crippen LogP contribution in [0.5, 0.6) is 0 Å². The lowest BCUT2D eigenvalue weighted by Gasteiger charge is -2.00. The van der Waals surface area contributed by atoms with Gasteiger partial charge in [-0.3, -0.25) is 0 Å². The first-order valence-electron chi connectivity index (χ1n) is 3.58. The van der Waals surface area contributed by atoms with Crippen molar-refractivity contribution in [2.45, 2.75) is 11.9 Å². The molecule has 0 fully saturated rings. The quantitative estimate of drug-likeness (QED) is 0.304. The van der Waals surface area contributed by atoms with Crippen LogP contribution in [0.15, 0.2) is 35.3 Å². The van der Waals surface area contributed by atoms with Crippen molar-refractivity contribution in [3.8, 4) is 0 Å². The van der Waals surface area contributed by atoms with E-state index >= 15 is 0 Å². The van der Waals surface area contributed by atoms with Gasteiger partial charge in [0.15, 0.2) is 0 Å². The maximum atomic E-state index is 9.83. The smallest absolute Gasteiger partial charge is 0.211 e. The summed E-state index contributed by atoms with van der Waals surface area (Å²) in [5.41, 5.74) is 0.571. The van der Waals surface area contributed by atoms with Crippen molar-refractivity contribution in [3.05, 3.63) is 35.9 Å². The summed E-state index contributed by atoms with van der Waals surface area (Å²) in [6.45, 7) is 0. The van der Waals surface area contributed by atoms with E-state index in [2.05, 4.69) is 4.99 Å². The first kappa shape index (κ1) is 8.98. The molecule has 3 heteroatoms. The summed E-state index contributed by atoms with van der Waals surface area (Å²) in [7, 11) is 0. The van der Waals surface area contributed by atoms with Crippen LogP contribution in [0.4, 0.5) is 0 Å². The monoisotopic (exact) mass is 181 g/mol. The molecule has 1 aromatic carbocycles. The van der Waals surface area contributed by atoms with E-state index in [9.17, 15) is 4.79 Å². The average Bonchev–Trinajstić information content (AvgIpc) is 2.06. The molecule has 0 aromatic heterocycles. The van der Waals surface area contributed by atoms with Crippen molar-refractivity contribution < 1.29 is 4.79 Å². The van der Waals surface area contributed by atoms with E-state index in [1.165, 1.54) is 6.08 Å². The van der Waals surface area contributed by atoms with Crippen LogP contribution < -0.4 is 0 Å². The standard InChI is InChI=1S/C9H8ClNO/c10-9(11-7-12)6-8-4-2-1-3-5-8/h1-5,9H,6H2. The molecule has 1 aromatic rings. The lowest BCUT2D eigenvalue weighted by atomic mass is 10.1. The van der Waals surface area contributed by atoms with Gasteiger partial charge in [0.25, 0.3) is 0 Å². The molecule has 0 saturated heterocycles. The summed E-state index contributed by atoms with van der Waals surface area (Å²) < 4.78 is 0. The number of isocyanates is 1. The number of hydrogen-bond acceptors (Lipinski definition) is 2. The Balaban J connectivity index is 2.58. The first-order valence-corrected chi connectivity index (χ1v) is 4.01. The van der Waals surface area contributed by atoms with Crippen molar-refractivity contribution in [2.75, 3.05) is 0 Å². The molecular weight excluding hydrogens is 174 g/mol. The number of hydrogen-bond donors (Lipinski definition) is 0. The molecular formula is C9H8ClNO. The third-order valence-electron chi connectivity index (χ3n) is 1.44. The molecule has 0 aliphatic carbocycles. The SMILES string of the molecule is O=C=NC(Cl)Cc1ccccc1. The fourth-order valence-corrected chi connectivity index (χ4v) is 1.13. The van der Waals surface area contributed by atoms with Gasteiger partial charge in [-0.15, -0.1) is 0 Å². The minimum atomic E-state index is -0.495. The van der Waals surface area contributed by atoms with Crippen LogP contribution in [0.25, 0.3) is 0 Å². The third-order valence-corrected chi connectivity index (χ3v) is 1.69. The Bertz CT molecular complexity index is 280. The maximum absolute atomic E-state index is 9.83. The fourth-order valence-electron chi connectivity index (χ4n) is 0.911. The van der Waals surface area contributed by atoms with Crippen molar-refractivity contribution in [3.63, 3.8) is 0 Å². The number of carbonyl (C=O) groups excluding carboxylic acids is 1. The van der Waals surface area contributed by atoms with E-state index < -0.39 is 5.50 Å². The Hall–Kier alpha value is -1.11. The molecule has 1 rings (SSSR count). The number of alkyl halides is 1. The van der Waals surface area contributed by atoms with Crippen LogP contribution in [0.2, 0.25) is 0 Å². The first-order chi connectivity index (χ1) is 5.83. The molecule has 1 atom stereocenters. The van der Waals surface area contributed by atoms with E-state index in [4.69, 9.17) is 11.6 Å². The molecule has 0 saturated carbocycles. The fraction of sp³-hybridized carbons (Fsp3) is 0.222. The largest absolute Gasteiger partial charge is 0.236 e. The molecule has 0 heterocycles. The number of benzene rings is 1. The topological polar surface area (TPSA) is 29.4 Å². The summed E-state index contributed by atoms with van der Waals surface area (Å²) in [4.78, 5) is 13.2. The Morgan fingerprint density at radius 1 is 1.42 bits per heavy atom. The zero-order valence-corrected chi connectivity index (χ0v) is 7.16. The highest BCUT2D eigenvalue weighted by molar-refractivity contribution is 6.20. The highest BCUT2D eigenvalue weighted by atomic mass is 35.5. The lowest BCUT2D eigenvalue weighted by molar-refractivity contribution is 0.562. The third kappa shape index (κ3) is 2.87. The van der Waals surface area contributed by atoms with Crippen LogP contribution in [0.1, 0.15) is 5.56 Å². The molecule has 0 aliphatic heterocycles. The van der Waals surface area contributed by atoms with Crippen molar-refractivity contribution in [1.82, 2.24) is 0 Å². The average molecular weight is 182 g/mol. The van der Waals surface area contributed by atoms with Gasteiger partial charge in [0.2, 0.25) is 6.08 Å². The predicted molar refractivity (Wildman–Crippen MR) is 47.9 cm³/mol. The molecule has 2 nitrogen and oxygen atoms in total. The highest BCUT2D eigenvalue weighted by Gasteiger charge is 2.01. The van der Waals surface area contributed by atoms with Gasteiger partial charge in [0.1, 0.15) is 5.50 Å². The number of rotatable bonds is 3. The van der Waals surface area contributed by atoms with E-state index in [0.717, 1.165) is 5.56 Å². The normalized spacial score (nSPS) is 11.8. The maximum Gasteiger partial charge on any atom is 0.236 e. The second-order valence-corrected chi connectivity index (χ2v) is 2.85. The van der Waals surface area contributed by atoms with Crippen LogP contribution in [0, 0.1) is 0 Å². The Labute approximate surface area is 75.9 Å². The summed E-state index contributed by atoms with van der Waals surface area (Å²) in [6, 6.07) is 9.65. The summed E-state index contributed by atoms with van der Waals surface area (Å²) in [5.74, 6) is 0. The van der Waals surface area contributed by atoms with Gasteiger partial charge < -0.3 is 0 Å². The number of nitrogens with zero attached hydrogens (tertiary/aromatic N) is 1. The van der Waals surface area contributed by atoms with Crippen LogP contribution >= 0.6 is 11.6 Å². The summed E-state index contributed by atoms with van der Waals surface area (Å²) in [6.07, 6.45) is 2.00. The van der Waals surface area contributed by atoms with Gasteiger partial charge in [-0.1, -0.05) is 41.9 Å². The Morgan fingerprint density at radius 2 is 2.08 bits per heavy atom. The van der Waals surface area contributed by atoms with Gasteiger partial charge in [-0.2, -0.15) is 4.99 Å². The molecule has 0 bridgehead atoms. The van der Waals surface area contributed by atoms with E-state index in [1.54, 1.807) is 0 Å². The van der Waals surface area contributed by atoms with Gasteiger partial charge in [0.05, 0.1) is 0 Å². The molecule has 1 unspecified atom stereocenters. The van der Waals surface area contributed by atoms with Gasteiger partial charge >= 0.3 is 0 Å². The highest BCUT2D eigenvalue weighted by Crippen LogP contribution is 2.07. The predicted octanol–water partition coefficient (Wildman–Crippen LogP) is 2.13. The van der Waals surface area contributed by atoms with Crippen LogP contribution in [-0.4, -0.2) is 11.6 Å². The minimum Gasteiger partial charge on any atom is -0.211 e. The van der Waals surface area contributed by atoms with Gasteiger partial charge in [-0.25, -0.2) is 4.79 Å². The summed E-state index contributed by atoms with van der Waals surface area (Å²) in [5, 5.41) is 0. The second kappa shape index (κ2) is 4.70. The zero-order chi connectivity index (χ0) is 8.81. The number of aliphatic imine (C=N–C) groups is 1. The molecule has 12 heavy (non-hydrogen) atoms. The van der Waals surface area contributed by atoms with Crippen molar-refractivity contribution in [1.29, 1.82) is 0 Å². The molecule has 0 radical (unpaired) electrons. The van der Waals surface area contributed by atoms with Gasteiger partial charge in [-0.05, 0) is 5.56 Å². The second-order valence-electron chi connectivity index (χ2n) is 2.34. The van der Waals surface area contributed by atoms with Crippen LogP contribution in [-0.2, 0) is 11.2 Å². The molecule has 0 aliphatic rings. The minimum absolute atomic E-state index is 0.495. The molecule has 0 N–H and O–H groups in total. The van der Waals surface area contributed by atoms with Crippen LogP contribution in [0.3, 0.4) is 0 Å². The Morgan fingerprint density at radius 3 is 2.67 bits per heavy atom. The van der Waals surface area contributed by atoms with Crippen molar-refractivity contribution in [2.24, 2.45) is 4.99 Å². The zero-order valence-electron chi connectivity index (χ0n) is 6.40. The molecule has 0 spiro atoms. The lowest BCUT2D eigenvalue weighted by Crippen LogP contribution is -1.98.